The molecule has 21 heavy (non-hydrogen) atoms. The average Bonchev–Trinajstić information content (AvgIpc) is 2.50. The van der Waals surface area contributed by atoms with Crippen LogP contribution in [-0.2, 0) is 4.79 Å². The van der Waals surface area contributed by atoms with Crippen LogP contribution in [0, 0.1) is 0 Å². The third-order valence-electron chi connectivity index (χ3n) is 4.30. The van der Waals surface area contributed by atoms with Gasteiger partial charge in [-0.3, -0.25) is 4.79 Å². The summed E-state index contributed by atoms with van der Waals surface area (Å²) in [5, 5.41) is 8.76. The zero-order chi connectivity index (χ0) is 14.8. The zero-order valence-corrected chi connectivity index (χ0v) is 11.8. The number of hydrogen-bond acceptors (Lipinski definition) is 3. The van der Waals surface area contributed by atoms with E-state index in [1.165, 1.54) is 37.7 Å². The summed E-state index contributed by atoms with van der Waals surface area (Å²) in [6.07, 6.45) is 7.13. The van der Waals surface area contributed by atoms with Gasteiger partial charge >= 0.3 is 5.97 Å². The minimum atomic E-state index is -1.12. The Morgan fingerprint density at radius 1 is 1.24 bits per heavy atom. The molecule has 0 aromatic heterocycles. The van der Waals surface area contributed by atoms with Crippen LogP contribution in [0.25, 0.3) is 0 Å². The van der Waals surface area contributed by atoms with Crippen molar-refractivity contribution in [2.24, 2.45) is 0 Å². The molecule has 1 N–H and O–H groups in total. The standard InChI is InChI=1S/C17H18O4/c18-16(19)9-13-10-21-15-8-12(6-7-14(15)17(13)20)11-4-2-1-3-5-11/h6-9,11H,1-5,10H2,(H,18,19). The molecule has 0 atom stereocenters. The number of rotatable bonds is 2. The van der Waals surface area contributed by atoms with Crippen molar-refractivity contribution in [3.05, 3.63) is 41.0 Å². The highest BCUT2D eigenvalue weighted by Crippen LogP contribution is 2.36. The van der Waals surface area contributed by atoms with Crippen molar-refractivity contribution in [1.82, 2.24) is 0 Å². The Kier molecular flexibility index (Phi) is 3.78. The topological polar surface area (TPSA) is 63.6 Å². The number of aliphatic carboxylic acids is 1. The van der Waals surface area contributed by atoms with Crippen molar-refractivity contribution in [2.45, 2.75) is 38.0 Å². The first-order valence-electron chi connectivity index (χ1n) is 7.40. The van der Waals surface area contributed by atoms with Gasteiger partial charge < -0.3 is 9.84 Å². The summed E-state index contributed by atoms with van der Waals surface area (Å²) in [6, 6.07) is 5.72. The second kappa shape index (κ2) is 5.72. The number of carbonyl (C=O) groups is 2. The van der Waals surface area contributed by atoms with E-state index >= 15 is 0 Å². The fraction of sp³-hybridized carbons (Fsp3) is 0.412. The largest absolute Gasteiger partial charge is 0.488 e. The van der Waals surface area contributed by atoms with Crippen molar-refractivity contribution in [3.8, 4) is 5.75 Å². The monoisotopic (exact) mass is 286 g/mol. The van der Waals surface area contributed by atoms with Crippen LogP contribution in [0.5, 0.6) is 5.75 Å². The van der Waals surface area contributed by atoms with Crippen LogP contribution in [-0.4, -0.2) is 23.5 Å². The number of fused-ring (bicyclic) bond motifs is 1. The molecule has 0 bridgehead atoms. The van der Waals surface area contributed by atoms with E-state index in [0.29, 0.717) is 17.2 Å². The van der Waals surface area contributed by atoms with Gasteiger partial charge in [0.15, 0.2) is 5.78 Å². The minimum Gasteiger partial charge on any atom is -0.488 e. The summed E-state index contributed by atoms with van der Waals surface area (Å²) in [5.41, 5.74) is 1.89. The van der Waals surface area contributed by atoms with Crippen molar-refractivity contribution in [1.29, 1.82) is 0 Å². The number of benzene rings is 1. The lowest BCUT2D eigenvalue weighted by Crippen LogP contribution is -2.20. The van der Waals surface area contributed by atoms with Gasteiger partial charge in [0.25, 0.3) is 0 Å². The summed E-state index contributed by atoms with van der Waals surface area (Å²) >= 11 is 0. The van der Waals surface area contributed by atoms with Gasteiger partial charge in [0.1, 0.15) is 12.4 Å². The number of ketones is 1. The molecule has 1 aliphatic heterocycles. The Bertz CT molecular complexity index is 609. The highest BCUT2D eigenvalue weighted by molar-refractivity contribution is 6.13. The molecule has 1 heterocycles. The molecular weight excluding hydrogens is 268 g/mol. The quantitative estimate of drug-likeness (QED) is 0.847. The number of carboxylic acids is 1. The summed E-state index contributed by atoms with van der Waals surface area (Å²) in [5.74, 6) is -0.220. The molecular formula is C17H18O4. The number of hydrogen-bond donors (Lipinski definition) is 1. The van der Waals surface area contributed by atoms with E-state index in [2.05, 4.69) is 0 Å². The maximum absolute atomic E-state index is 12.2. The summed E-state index contributed by atoms with van der Waals surface area (Å²) in [4.78, 5) is 22.9. The molecule has 1 fully saturated rings. The lowest BCUT2D eigenvalue weighted by atomic mass is 9.83. The Morgan fingerprint density at radius 3 is 2.71 bits per heavy atom. The fourth-order valence-corrected chi connectivity index (χ4v) is 3.19. The summed E-state index contributed by atoms with van der Waals surface area (Å²) in [7, 11) is 0. The van der Waals surface area contributed by atoms with Gasteiger partial charge in [0.2, 0.25) is 0 Å². The van der Waals surface area contributed by atoms with Crippen LogP contribution in [0.1, 0.15) is 53.9 Å². The fourth-order valence-electron chi connectivity index (χ4n) is 3.19. The van der Waals surface area contributed by atoms with Crippen molar-refractivity contribution in [2.75, 3.05) is 6.61 Å². The first-order valence-corrected chi connectivity index (χ1v) is 7.40. The molecule has 1 aliphatic carbocycles. The summed E-state index contributed by atoms with van der Waals surface area (Å²) in [6.45, 7) is 0.0340. The second-order valence-electron chi connectivity index (χ2n) is 5.72. The normalized spacial score (nSPS) is 21.0. The molecule has 4 heteroatoms. The van der Waals surface area contributed by atoms with Crippen molar-refractivity contribution < 1.29 is 19.4 Å². The molecule has 1 aromatic rings. The highest BCUT2D eigenvalue weighted by Gasteiger charge is 2.25. The van der Waals surface area contributed by atoms with Gasteiger partial charge in [-0.1, -0.05) is 25.3 Å². The van der Waals surface area contributed by atoms with E-state index in [1.54, 1.807) is 6.07 Å². The number of ether oxygens (including phenoxy) is 1. The van der Waals surface area contributed by atoms with E-state index in [4.69, 9.17) is 9.84 Å². The predicted octanol–water partition coefficient (Wildman–Crippen LogP) is 3.32. The Morgan fingerprint density at radius 2 is 2.00 bits per heavy atom. The smallest absolute Gasteiger partial charge is 0.328 e. The molecule has 3 rings (SSSR count). The van der Waals surface area contributed by atoms with E-state index in [9.17, 15) is 9.59 Å². The Balaban J connectivity index is 1.88. The van der Waals surface area contributed by atoms with Crippen LogP contribution in [0.3, 0.4) is 0 Å². The molecule has 0 spiro atoms. The van der Waals surface area contributed by atoms with Gasteiger partial charge in [-0.2, -0.15) is 0 Å². The van der Waals surface area contributed by atoms with Crippen LogP contribution in [0.2, 0.25) is 0 Å². The maximum Gasteiger partial charge on any atom is 0.328 e. The minimum absolute atomic E-state index is 0.0340. The highest BCUT2D eigenvalue weighted by atomic mass is 16.5. The number of carbonyl (C=O) groups excluding carboxylic acids is 1. The van der Waals surface area contributed by atoms with Gasteiger partial charge in [0.05, 0.1) is 5.56 Å². The molecule has 0 amide bonds. The van der Waals surface area contributed by atoms with Crippen LogP contribution in [0.15, 0.2) is 29.8 Å². The molecule has 0 saturated heterocycles. The number of carboxylic acid groups (broad SMARTS) is 1. The predicted molar refractivity (Wildman–Crippen MR) is 77.8 cm³/mol. The van der Waals surface area contributed by atoms with E-state index in [0.717, 1.165) is 6.08 Å². The van der Waals surface area contributed by atoms with Gasteiger partial charge in [0, 0.05) is 11.6 Å². The van der Waals surface area contributed by atoms with Crippen LogP contribution >= 0.6 is 0 Å². The van der Waals surface area contributed by atoms with Crippen LogP contribution in [0.4, 0.5) is 0 Å². The molecule has 110 valence electrons. The first kappa shape index (κ1) is 13.9. The van der Waals surface area contributed by atoms with Gasteiger partial charge in [-0.15, -0.1) is 0 Å². The molecule has 0 radical (unpaired) electrons. The van der Waals surface area contributed by atoms with E-state index < -0.39 is 5.97 Å². The van der Waals surface area contributed by atoms with Gasteiger partial charge in [-0.25, -0.2) is 4.79 Å². The average molecular weight is 286 g/mol. The lowest BCUT2D eigenvalue weighted by Gasteiger charge is -2.24. The SMILES string of the molecule is O=C(O)C=C1COc2cc(C3CCCCC3)ccc2C1=O. The van der Waals surface area contributed by atoms with Crippen molar-refractivity contribution in [3.63, 3.8) is 0 Å². The Hall–Kier alpha value is -2.10. The zero-order valence-electron chi connectivity index (χ0n) is 11.8. The Labute approximate surface area is 123 Å². The third kappa shape index (κ3) is 2.84. The molecule has 1 aromatic carbocycles. The summed E-state index contributed by atoms with van der Waals surface area (Å²) < 4.78 is 5.59. The molecule has 4 nitrogen and oxygen atoms in total. The molecule has 2 aliphatic rings. The van der Waals surface area contributed by atoms with Crippen molar-refractivity contribution >= 4 is 11.8 Å². The maximum atomic E-state index is 12.2. The van der Waals surface area contributed by atoms with Gasteiger partial charge in [-0.05, 0) is 36.5 Å². The lowest BCUT2D eigenvalue weighted by molar-refractivity contribution is -0.131. The number of Topliss-reactive ketones (excluding diaryl/α,β-unsaturated/α-hetero) is 1. The molecule has 1 saturated carbocycles. The van der Waals surface area contributed by atoms with E-state index in [1.807, 2.05) is 12.1 Å². The second-order valence-corrected chi connectivity index (χ2v) is 5.72. The third-order valence-corrected chi connectivity index (χ3v) is 4.30. The molecule has 0 unspecified atom stereocenters. The van der Waals surface area contributed by atoms with E-state index in [-0.39, 0.29) is 18.0 Å². The first-order chi connectivity index (χ1) is 10.1. The van der Waals surface area contributed by atoms with Crippen LogP contribution < -0.4 is 4.74 Å².